The monoisotopic (exact) mass is 518 g/mol. The Kier molecular flexibility index (Phi) is 15.0. The summed E-state index contributed by atoms with van der Waals surface area (Å²) in [7, 11) is 1.57. The van der Waals surface area contributed by atoms with Gasteiger partial charge in [0.05, 0.1) is 24.3 Å². The van der Waals surface area contributed by atoms with E-state index >= 15 is 0 Å². The van der Waals surface area contributed by atoms with Gasteiger partial charge < -0.3 is 28.4 Å². The maximum Gasteiger partial charge on any atom is 0.338 e. The van der Waals surface area contributed by atoms with Crippen molar-refractivity contribution in [2.24, 2.45) is 11.8 Å². The lowest BCUT2D eigenvalue weighted by Gasteiger charge is -2.14. The quantitative estimate of drug-likeness (QED) is 0.231. The second-order valence-electron chi connectivity index (χ2n) is 9.10. The Morgan fingerprint density at radius 1 is 0.649 bits per heavy atom. The van der Waals surface area contributed by atoms with E-state index in [0.29, 0.717) is 54.3 Å². The SMILES string of the molecule is CCOC(C)Oc1ccc(C(=O)OCC(C)C)cc1.COC(C)Oc1ccc(C(=O)OCC(C)C)cc1. The average Bonchev–Trinajstić information content (AvgIpc) is 2.87. The van der Waals surface area contributed by atoms with Crippen molar-refractivity contribution < 1.29 is 38.0 Å². The lowest BCUT2D eigenvalue weighted by molar-refractivity contribution is -0.0613. The highest BCUT2D eigenvalue weighted by molar-refractivity contribution is 5.90. The Morgan fingerprint density at radius 3 is 1.35 bits per heavy atom. The minimum Gasteiger partial charge on any atom is -0.465 e. The van der Waals surface area contributed by atoms with Gasteiger partial charge in [-0.25, -0.2) is 9.59 Å². The average molecular weight is 519 g/mol. The molecule has 0 aliphatic heterocycles. The summed E-state index contributed by atoms with van der Waals surface area (Å²) in [6.45, 7) is 15.0. The zero-order valence-corrected chi connectivity index (χ0v) is 23.3. The van der Waals surface area contributed by atoms with Gasteiger partial charge in [0.25, 0.3) is 0 Å². The van der Waals surface area contributed by atoms with Crippen LogP contribution in [0.15, 0.2) is 48.5 Å². The summed E-state index contributed by atoms with van der Waals surface area (Å²) in [6, 6.07) is 13.7. The van der Waals surface area contributed by atoms with Crippen LogP contribution in [0.2, 0.25) is 0 Å². The Labute approximate surface area is 221 Å². The molecule has 8 nitrogen and oxygen atoms in total. The largest absolute Gasteiger partial charge is 0.465 e. The van der Waals surface area contributed by atoms with E-state index in [1.165, 1.54) is 0 Å². The standard InChI is InChI=1S/C15H22O4.C14H20O4/c1-5-17-12(4)19-14-8-6-13(7-9-14)15(16)18-10-11(2)3;1-10(2)9-17-14(15)12-5-7-13(8-6-12)18-11(3)16-4/h6-9,11-12H,5,10H2,1-4H3;5-8,10-11H,9H2,1-4H3. The molecule has 0 aliphatic rings. The number of hydrogen-bond donors (Lipinski definition) is 0. The lowest BCUT2D eigenvalue weighted by atomic mass is 10.2. The van der Waals surface area contributed by atoms with Crippen LogP contribution in [0.1, 0.15) is 69.2 Å². The van der Waals surface area contributed by atoms with E-state index in [1.54, 1.807) is 62.6 Å². The molecule has 2 atom stereocenters. The van der Waals surface area contributed by atoms with E-state index in [2.05, 4.69) is 0 Å². The van der Waals surface area contributed by atoms with Gasteiger partial charge in [-0.1, -0.05) is 27.7 Å². The molecule has 0 spiro atoms. The maximum absolute atomic E-state index is 11.7. The molecule has 2 unspecified atom stereocenters. The van der Waals surface area contributed by atoms with Gasteiger partial charge in [0.2, 0.25) is 0 Å². The van der Waals surface area contributed by atoms with Gasteiger partial charge >= 0.3 is 11.9 Å². The number of carbonyl (C=O) groups is 2. The second-order valence-corrected chi connectivity index (χ2v) is 9.10. The fraction of sp³-hybridized carbons (Fsp3) is 0.517. The van der Waals surface area contributed by atoms with Crippen molar-refractivity contribution in [1.82, 2.24) is 0 Å². The molecule has 0 saturated carbocycles. The Hall–Kier alpha value is -3.10. The van der Waals surface area contributed by atoms with Crippen molar-refractivity contribution in [3.05, 3.63) is 59.7 Å². The minimum absolute atomic E-state index is 0.302. The van der Waals surface area contributed by atoms with Crippen molar-refractivity contribution in [3.8, 4) is 11.5 Å². The highest BCUT2D eigenvalue weighted by Crippen LogP contribution is 2.16. The third kappa shape index (κ3) is 13.7. The number of hydrogen-bond acceptors (Lipinski definition) is 8. The van der Waals surface area contributed by atoms with Crippen molar-refractivity contribution in [1.29, 1.82) is 0 Å². The van der Waals surface area contributed by atoms with Crippen LogP contribution in [0, 0.1) is 11.8 Å². The number of carbonyl (C=O) groups excluding carboxylic acids is 2. The van der Waals surface area contributed by atoms with Gasteiger partial charge in [-0.05, 0) is 81.1 Å². The molecule has 0 heterocycles. The van der Waals surface area contributed by atoms with Crippen LogP contribution in [-0.4, -0.2) is 51.4 Å². The van der Waals surface area contributed by atoms with Gasteiger partial charge in [-0.2, -0.15) is 0 Å². The molecule has 2 aromatic rings. The second kappa shape index (κ2) is 17.4. The zero-order valence-electron chi connectivity index (χ0n) is 23.3. The van der Waals surface area contributed by atoms with Crippen LogP contribution >= 0.6 is 0 Å². The summed E-state index contributed by atoms with van der Waals surface area (Å²) in [5.74, 6) is 1.37. The van der Waals surface area contributed by atoms with Crippen LogP contribution in [-0.2, 0) is 18.9 Å². The molecule has 2 rings (SSSR count). The molecule has 0 saturated heterocycles. The maximum atomic E-state index is 11.7. The summed E-state index contributed by atoms with van der Waals surface area (Å²) in [5, 5.41) is 0. The van der Waals surface area contributed by atoms with E-state index < -0.39 is 0 Å². The first kappa shape index (κ1) is 31.9. The summed E-state index contributed by atoms with van der Waals surface area (Å²) in [6.07, 6.45) is -0.618. The fourth-order valence-corrected chi connectivity index (χ4v) is 2.69. The first-order chi connectivity index (χ1) is 17.5. The van der Waals surface area contributed by atoms with Crippen molar-refractivity contribution in [2.75, 3.05) is 26.9 Å². The van der Waals surface area contributed by atoms with Gasteiger partial charge in [0, 0.05) is 13.7 Å². The van der Waals surface area contributed by atoms with Crippen LogP contribution < -0.4 is 9.47 Å². The van der Waals surface area contributed by atoms with Crippen LogP contribution in [0.4, 0.5) is 0 Å². The third-order valence-corrected chi connectivity index (χ3v) is 4.61. The Balaban J connectivity index is 0.000000371. The predicted octanol–water partition coefficient (Wildman–Crippen LogP) is 6.13. The molecule has 0 fully saturated rings. The van der Waals surface area contributed by atoms with Gasteiger partial charge in [-0.3, -0.25) is 0 Å². The Bertz CT molecular complexity index is 907. The van der Waals surface area contributed by atoms with E-state index in [0.717, 1.165) is 0 Å². The lowest BCUT2D eigenvalue weighted by Crippen LogP contribution is -2.16. The molecule has 8 heteroatoms. The molecule has 0 amide bonds. The molecular formula is C29H42O8. The van der Waals surface area contributed by atoms with Gasteiger partial charge in [-0.15, -0.1) is 0 Å². The molecular weight excluding hydrogens is 476 g/mol. The van der Waals surface area contributed by atoms with Crippen LogP contribution in [0.25, 0.3) is 0 Å². The van der Waals surface area contributed by atoms with Crippen molar-refractivity contribution >= 4 is 11.9 Å². The normalized spacial score (nSPS) is 12.3. The van der Waals surface area contributed by atoms with Gasteiger partial charge in [0.15, 0.2) is 12.6 Å². The first-order valence-corrected chi connectivity index (χ1v) is 12.6. The van der Waals surface area contributed by atoms with Crippen molar-refractivity contribution in [2.45, 2.75) is 61.0 Å². The summed E-state index contributed by atoms with van der Waals surface area (Å²) < 4.78 is 31.5. The molecule has 0 aliphatic carbocycles. The molecule has 37 heavy (non-hydrogen) atoms. The molecule has 0 radical (unpaired) electrons. The topological polar surface area (TPSA) is 89.5 Å². The van der Waals surface area contributed by atoms with Crippen molar-refractivity contribution in [3.63, 3.8) is 0 Å². The predicted molar refractivity (Wildman–Crippen MR) is 142 cm³/mol. The fourth-order valence-electron chi connectivity index (χ4n) is 2.69. The smallest absolute Gasteiger partial charge is 0.338 e. The highest BCUT2D eigenvalue weighted by Gasteiger charge is 2.10. The van der Waals surface area contributed by atoms with E-state index in [1.807, 2.05) is 41.5 Å². The highest BCUT2D eigenvalue weighted by atomic mass is 16.7. The number of rotatable bonds is 13. The number of ether oxygens (including phenoxy) is 6. The Morgan fingerprint density at radius 2 is 1.03 bits per heavy atom. The van der Waals surface area contributed by atoms with Crippen LogP contribution in [0.3, 0.4) is 0 Å². The third-order valence-electron chi connectivity index (χ3n) is 4.61. The summed E-state index contributed by atoms with van der Waals surface area (Å²) >= 11 is 0. The summed E-state index contributed by atoms with van der Waals surface area (Å²) in [5.41, 5.74) is 1.05. The number of esters is 2. The zero-order chi connectivity index (χ0) is 27.8. The number of methoxy groups -OCH3 is 1. The summed E-state index contributed by atoms with van der Waals surface area (Å²) in [4.78, 5) is 23.3. The molecule has 0 aromatic heterocycles. The molecule has 0 bridgehead atoms. The van der Waals surface area contributed by atoms with E-state index in [-0.39, 0.29) is 24.5 Å². The first-order valence-electron chi connectivity index (χ1n) is 12.6. The molecule has 2 aromatic carbocycles. The molecule has 0 N–H and O–H groups in total. The number of benzene rings is 2. The molecule has 206 valence electrons. The van der Waals surface area contributed by atoms with Crippen LogP contribution in [0.5, 0.6) is 11.5 Å². The van der Waals surface area contributed by atoms with E-state index in [4.69, 9.17) is 28.4 Å². The van der Waals surface area contributed by atoms with E-state index in [9.17, 15) is 9.59 Å². The minimum atomic E-state index is -0.316. The van der Waals surface area contributed by atoms with Gasteiger partial charge in [0.1, 0.15) is 11.5 Å².